The highest BCUT2D eigenvalue weighted by molar-refractivity contribution is 5.65. The maximum atomic E-state index is 10.2. The van der Waals surface area contributed by atoms with Crippen LogP contribution in [0.4, 0.5) is 4.79 Å². The molecule has 0 bridgehead atoms. The lowest BCUT2D eigenvalue weighted by Gasteiger charge is -2.10. The molecule has 1 amide bonds. The van der Waals surface area contributed by atoms with Crippen molar-refractivity contribution >= 4 is 6.09 Å². The van der Waals surface area contributed by atoms with Crippen molar-refractivity contribution in [3.63, 3.8) is 0 Å². The van der Waals surface area contributed by atoms with Crippen LogP contribution in [0, 0.1) is 18.3 Å². The molecule has 1 rings (SSSR count). The summed E-state index contributed by atoms with van der Waals surface area (Å²) in [5, 5.41) is 10.6. The van der Waals surface area contributed by atoms with E-state index in [-0.39, 0.29) is 12.0 Å². The van der Waals surface area contributed by atoms with Crippen LogP contribution in [0.25, 0.3) is 0 Å². The van der Waals surface area contributed by atoms with Crippen LogP contribution in [-0.2, 0) is 4.74 Å². The first-order valence-corrected chi connectivity index (χ1v) is 3.27. The number of nitrogens with one attached hydrogen (secondary N) is 1. The van der Waals surface area contributed by atoms with Crippen molar-refractivity contribution in [1.29, 1.82) is 0 Å². The van der Waals surface area contributed by atoms with Crippen molar-refractivity contribution in [3.8, 4) is 12.3 Å². The van der Waals surface area contributed by atoms with Crippen molar-refractivity contribution in [2.75, 3.05) is 13.2 Å². The van der Waals surface area contributed by atoms with E-state index < -0.39 is 6.09 Å². The summed E-state index contributed by atoms with van der Waals surface area (Å²) in [5.41, 5.74) is 0. The Morgan fingerprint density at radius 3 is 3.00 bits per heavy atom. The minimum absolute atomic E-state index is 0.119. The summed E-state index contributed by atoms with van der Waals surface area (Å²) < 4.78 is 4.99. The van der Waals surface area contributed by atoms with E-state index in [1.165, 1.54) is 0 Å². The standard InChI is InChI=1S/C7H9NO3/c1-2-5-3-11-4-6(5)8-7(9)10/h1,5-6,8H,3-4H2,(H,9,10). The van der Waals surface area contributed by atoms with E-state index in [0.29, 0.717) is 13.2 Å². The Morgan fingerprint density at radius 2 is 2.45 bits per heavy atom. The predicted octanol–water partition coefficient (Wildman–Crippen LogP) is -0.0978. The summed E-state index contributed by atoms with van der Waals surface area (Å²) in [6.45, 7) is 0.822. The maximum absolute atomic E-state index is 10.2. The largest absolute Gasteiger partial charge is 0.465 e. The van der Waals surface area contributed by atoms with Crippen molar-refractivity contribution in [1.82, 2.24) is 5.32 Å². The Bertz CT molecular complexity index is 196. The van der Waals surface area contributed by atoms with Crippen LogP contribution < -0.4 is 5.32 Å². The lowest BCUT2D eigenvalue weighted by atomic mass is 10.1. The molecule has 1 aliphatic rings. The highest BCUT2D eigenvalue weighted by Gasteiger charge is 2.27. The first-order chi connectivity index (χ1) is 5.24. The van der Waals surface area contributed by atoms with Gasteiger partial charge in [0.15, 0.2) is 0 Å². The number of hydrogen-bond donors (Lipinski definition) is 2. The minimum Gasteiger partial charge on any atom is -0.465 e. The maximum Gasteiger partial charge on any atom is 0.405 e. The second-order valence-corrected chi connectivity index (χ2v) is 2.37. The molecule has 0 aromatic carbocycles. The molecule has 11 heavy (non-hydrogen) atoms. The Hall–Kier alpha value is -1.21. The third-order valence-electron chi connectivity index (χ3n) is 1.60. The molecule has 2 unspecified atom stereocenters. The van der Waals surface area contributed by atoms with E-state index in [4.69, 9.17) is 16.3 Å². The molecule has 0 spiro atoms. The Labute approximate surface area is 64.5 Å². The van der Waals surface area contributed by atoms with Gasteiger partial charge in [0.1, 0.15) is 0 Å². The average molecular weight is 155 g/mol. The van der Waals surface area contributed by atoms with Crippen molar-refractivity contribution in [3.05, 3.63) is 0 Å². The van der Waals surface area contributed by atoms with Crippen molar-refractivity contribution in [2.45, 2.75) is 6.04 Å². The highest BCUT2D eigenvalue weighted by Crippen LogP contribution is 2.11. The lowest BCUT2D eigenvalue weighted by molar-refractivity contribution is 0.175. The van der Waals surface area contributed by atoms with Gasteiger partial charge in [-0.3, -0.25) is 0 Å². The number of ether oxygens (including phenoxy) is 1. The van der Waals surface area contributed by atoms with Gasteiger partial charge in [-0.25, -0.2) is 4.79 Å². The molecule has 1 aliphatic heterocycles. The number of rotatable bonds is 1. The summed E-state index contributed by atoms with van der Waals surface area (Å²) in [6.07, 6.45) is 4.08. The fourth-order valence-electron chi connectivity index (χ4n) is 1.02. The topological polar surface area (TPSA) is 58.6 Å². The number of hydrogen-bond acceptors (Lipinski definition) is 2. The van der Waals surface area contributed by atoms with Gasteiger partial charge in [-0.05, 0) is 0 Å². The summed E-state index contributed by atoms with van der Waals surface area (Å²) >= 11 is 0. The highest BCUT2D eigenvalue weighted by atomic mass is 16.5. The fourth-order valence-corrected chi connectivity index (χ4v) is 1.02. The zero-order valence-corrected chi connectivity index (χ0v) is 5.91. The van der Waals surface area contributed by atoms with Crippen LogP contribution in [0.1, 0.15) is 0 Å². The molecule has 1 saturated heterocycles. The van der Waals surface area contributed by atoms with E-state index in [1.807, 2.05) is 0 Å². The van der Waals surface area contributed by atoms with Gasteiger partial charge in [0, 0.05) is 0 Å². The third-order valence-corrected chi connectivity index (χ3v) is 1.60. The van der Waals surface area contributed by atoms with Gasteiger partial charge < -0.3 is 15.2 Å². The Balaban J connectivity index is 2.45. The van der Waals surface area contributed by atoms with Crippen molar-refractivity contribution < 1.29 is 14.6 Å². The third kappa shape index (κ3) is 1.85. The van der Waals surface area contributed by atoms with Crippen LogP contribution in [0.2, 0.25) is 0 Å². The average Bonchev–Trinajstić information content (AvgIpc) is 2.34. The minimum atomic E-state index is -1.05. The monoisotopic (exact) mass is 155 g/mol. The van der Waals surface area contributed by atoms with Gasteiger partial charge >= 0.3 is 6.09 Å². The molecule has 60 valence electrons. The molecule has 0 aromatic rings. The number of amides is 1. The van der Waals surface area contributed by atoms with Gasteiger partial charge in [0.25, 0.3) is 0 Å². The van der Waals surface area contributed by atoms with Gasteiger partial charge in [-0.15, -0.1) is 6.42 Å². The van der Waals surface area contributed by atoms with Crippen LogP contribution in [0.5, 0.6) is 0 Å². The zero-order valence-electron chi connectivity index (χ0n) is 5.91. The van der Waals surface area contributed by atoms with Gasteiger partial charge in [-0.2, -0.15) is 0 Å². The second kappa shape index (κ2) is 3.26. The van der Waals surface area contributed by atoms with Gasteiger partial charge in [0.2, 0.25) is 0 Å². The number of carbonyl (C=O) groups is 1. The molecule has 1 heterocycles. The van der Waals surface area contributed by atoms with Crippen LogP contribution in [0.15, 0.2) is 0 Å². The molecule has 4 heteroatoms. The van der Waals surface area contributed by atoms with E-state index in [1.54, 1.807) is 0 Å². The molecule has 1 fully saturated rings. The quantitative estimate of drug-likeness (QED) is 0.520. The molecule has 4 nitrogen and oxygen atoms in total. The fraction of sp³-hybridized carbons (Fsp3) is 0.571. The predicted molar refractivity (Wildman–Crippen MR) is 38.1 cm³/mol. The van der Waals surface area contributed by atoms with E-state index in [2.05, 4.69) is 11.2 Å². The van der Waals surface area contributed by atoms with Gasteiger partial charge in [0.05, 0.1) is 25.2 Å². The lowest BCUT2D eigenvalue weighted by Crippen LogP contribution is -2.38. The zero-order chi connectivity index (χ0) is 8.27. The first-order valence-electron chi connectivity index (χ1n) is 3.27. The second-order valence-electron chi connectivity index (χ2n) is 2.37. The van der Waals surface area contributed by atoms with Crippen LogP contribution >= 0.6 is 0 Å². The molecule has 0 aromatic heterocycles. The first kappa shape index (κ1) is 7.89. The summed E-state index contributed by atoms with van der Waals surface area (Å²) in [4.78, 5) is 10.2. The molecular weight excluding hydrogens is 146 g/mol. The molecule has 0 saturated carbocycles. The summed E-state index contributed by atoms with van der Waals surface area (Å²) in [6, 6.07) is -0.238. The summed E-state index contributed by atoms with van der Waals surface area (Å²) in [5.74, 6) is 2.35. The molecule has 0 aliphatic carbocycles. The molecule has 2 N–H and O–H groups in total. The van der Waals surface area contributed by atoms with E-state index in [9.17, 15) is 4.79 Å². The van der Waals surface area contributed by atoms with Gasteiger partial charge in [-0.1, -0.05) is 5.92 Å². The number of terminal acetylenes is 1. The molecular formula is C7H9NO3. The molecule has 2 atom stereocenters. The van der Waals surface area contributed by atoms with Crippen LogP contribution in [0.3, 0.4) is 0 Å². The van der Waals surface area contributed by atoms with Crippen LogP contribution in [-0.4, -0.2) is 30.5 Å². The SMILES string of the molecule is C#CC1COCC1NC(=O)O. The normalized spacial score (nSPS) is 29.4. The van der Waals surface area contributed by atoms with E-state index in [0.717, 1.165) is 0 Å². The molecule has 0 radical (unpaired) electrons. The Morgan fingerprint density at radius 1 is 1.73 bits per heavy atom. The van der Waals surface area contributed by atoms with E-state index >= 15 is 0 Å². The summed E-state index contributed by atoms with van der Waals surface area (Å²) in [7, 11) is 0. The Kier molecular flexibility index (Phi) is 2.34. The van der Waals surface area contributed by atoms with Crippen molar-refractivity contribution in [2.24, 2.45) is 5.92 Å². The number of carboxylic acid groups (broad SMARTS) is 1. The smallest absolute Gasteiger partial charge is 0.405 e.